The molecule has 2 aromatic rings. The minimum Gasteiger partial charge on any atom is -0.313 e. The average Bonchev–Trinajstić information content (AvgIpc) is 2.46. The van der Waals surface area contributed by atoms with Crippen LogP contribution < -0.4 is 5.32 Å². The molecule has 0 radical (unpaired) electrons. The lowest BCUT2D eigenvalue weighted by Gasteiger charge is -2.10. The molecule has 1 N–H and O–H groups in total. The minimum atomic E-state index is 0.941. The molecule has 2 rings (SSSR count). The molecule has 0 spiro atoms. The second-order valence-electron chi connectivity index (χ2n) is 4.98. The zero-order valence-corrected chi connectivity index (χ0v) is 12.2. The van der Waals surface area contributed by atoms with Gasteiger partial charge in [-0.15, -0.1) is 0 Å². The number of benzene rings is 2. The number of rotatable bonds is 5. The normalized spacial score (nSPS) is 10.7. The molecule has 0 unspecified atom stereocenters. The quantitative estimate of drug-likeness (QED) is 0.836. The molecule has 0 heterocycles. The summed E-state index contributed by atoms with van der Waals surface area (Å²) in [4.78, 5) is 0. The van der Waals surface area contributed by atoms with Gasteiger partial charge in [-0.25, -0.2) is 0 Å². The van der Waals surface area contributed by atoms with Gasteiger partial charge in [0.1, 0.15) is 0 Å². The zero-order chi connectivity index (χ0) is 13.7. The monoisotopic (exact) mass is 253 g/mol. The number of aryl methyl sites for hydroxylation is 2. The Bertz CT molecular complexity index is 526. The number of hydrogen-bond donors (Lipinski definition) is 1. The molecule has 0 saturated heterocycles. The van der Waals surface area contributed by atoms with Crippen LogP contribution in [-0.4, -0.2) is 6.54 Å². The van der Waals surface area contributed by atoms with Gasteiger partial charge in [-0.2, -0.15) is 0 Å². The van der Waals surface area contributed by atoms with E-state index < -0.39 is 0 Å². The van der Waals surface area contributed by atoms with E-state index in [1.807, 2.05) is 0 Å². The van der Waals surface area contributed by atoms with E-state index in [4.69, 9.17) is 0 Å². The van der Waals surface area contributed by atoms with Gasteiger partial charge in [0, 0.05) is 6.54 Å². The summed E-state index contributed by atoms with van der Waals surface area (Å²) in [7, 11) is 0. The van der Waals surface area contributed by atoms with E-state index in [-0.39, 0.29) is 0 Å². The van der Waals surface area contributed by atoms with Crippen molar-refractivity contribution in [2.45, 2.75) is 33.7 Å². The Balaban J connectivity index is 2.31. The third-order valence-electron chi connectivity index (χ3n) is 3.55. The molecule has 0 atom stereocenters. The van der Waals surface area contributed by atoms with Gasteiger partial charge in [0.25, 0.3) is 0 Å². The van der Waals surface area contributed by atoms with Crippen LogP contribution in [-0.2, 0) is 13.0 Å². The van der Waals surface area contributed by atoms with Crippen LogP contribution in [0.15, 0.2) is 42.5 Å². The summed E-state index contributed by atoms with van der Waals surface area (Å²) >= 11 is 0. The summed E-state index contributed by atoms with van der Waals surface area (Å²) in [5.74, 6) is 0. The zero-order valence-electron chi connectivity index (χ0n) is 12.2. The molecule has 0 aliphatic carbocycles. The van der Waals surface area contributed by atoms with Crippen LogP contribution in [0.2, 0.25) is 0 Å². The van der Waals surface area contributed by atoms with E-state index in [1.165, 1.54) is 27.8 Å². The van der Waals surface area contributed by atoms with Crippen LogP contribution >= 0.6 is 0 Å². The van der Waals surface area contributed by atoms with Gasteiger partial charge in [0.15, 0.2) is 0 Å². The SMILES string of the molecule is CCNCc1ccc(C)c(-c2ccc(CC)cc2)c1. The third-order valence-corrected chi connectivity index (χ3v) is 3.55. The summed E-state index contributed by atoms with van der Waals surface area (Å²) in [6.07, 6.45) is 1.10. The molecule has 0 saturated carbocycles. The molecule has 2 aromatic carbocycles. The molecule has 1 nitrogen and oxygen atoms in total. The first-order valence-corrected chi connectivity index (χ1v) is 7.14. The van der Waals surface area contributed by atoms with E-state index in [0.717, 1.165) is 19.5 Å². The van der Waals surface area contributed by atoms with Gasteiger partial charge < -0.3 is 5.32 Å². The largest absolute Gasteiger partial charge is 0.313 e. The molecule has 19 heavy (non-hydrogen) atoms. The molecule has 0 bridgehead atoms. The Morgan fingerprint density at radius 2 is 1.58 bits per heavy atom. The fraction of sp³-hybridized carbons (Fsp3) is 0.333. The van der Waals surface area contributed by atoms with Crippen molar-refractivity contribution >= 4 is 0 Å². The summed E-state index contributed by atoms with van der Waals surface area (Å²) in [5.41, 5.74) is 6.74. The van der Waals surface area contributed by atoms with E-state index in [9.17, 15) is 0 Å². The first-order valence-electron chi connectivity index (χ1n) is 7.14. The Morgan fingerprint density at radius 3 is 2.21 bits per heavy atom. The highest BCUT2D eigenvalue weighted by atomic mass is 14.8. The summed E-state index contributed by atoms with van der Waals surface area (Å²) in [5, 5.41) is 3.38. The summed E-state index contributed by atoms with van der Waals surface area (Å²) in [6, 6.07) is 15.7. The highest BCUT2D eigenvalue weighted by molar-refractivity contribution is 5.68. The Morgan fingerprint density at radius 1 is 0.895 bits per heavy atom. The van der Waals surface area contributed by atoms with Gasteiger partial charge >= 0.3 is 0 Å². The maximum atomic E-state index is 3.38. The first kappa shape index (κ1) is 13.8. The fourth-order valence-corrected chi connectivity index (χ4v) is 2.28. The van der Waals surface area contributed by atoms with Crippen LogP contribution in [0.5, 0.6) is 0 Å². The number of nitrogens with one attached hydrogen (secondary N) is 1. The van der Waals surface area contributed by atoms with Gasteiger partial charge in [-0.3, -0.25) is 0 Å². The van der Waals surface area contributed by atoms with E-state index in [2.05, 4.69) is 68.6 Å². The molecular weight excluding hydrogens is 230 g/mol. The van der Waals surface area contributed by atoms with Crippen LogP contribution in [0.4, 0.5) is 0 Å². The van der Waals surface area contributed by atoms with Crippen molar-refractivity contribution in [1.82, 2.24) is 5.32 Å². The van der Waals surface area contributed by atoms with Crippen molar-refractivity contribution in [1.29, 1.82) is 0 Å². The Hall–Kier alpha value is -1.60. The van der Waals surface area contributed by atoms with Gasteiger partial charge in [0.2, 0.25) is 0 Å². The second-order valence-corrected chi connectivity index (χ2v) is 4.98. The molecule has 0 aliphatic rings. The topological polar surface area (TPSA) is 12.0 Å². The van der Waals surface area contributed by atoms with E-state index in [1.54, 1.807) is 0 Å². The van der Waals surface area contributed by atoms with Crippen molar-refractivity contribution < 1.29 is 0 Å². The predicted octanol–water partition coefficient (Wildman–Crippen LogP) is 4.33. The standard InChI is InChI=1S/C18H23N/c1-4-15-8-10-17(11-9-15)18-12-16(13-19-5-2)7-6-14(18)3/h6-12,19H,4-5,13H2,1-3H3. The smallest absolute Gasteiger partial charge is 0.0205 e. The predicted molar refractivity (Wildman–Crippen MR) is 83.4 cm³/mol. The van der Waals surface area contributed by atoms with Gasteiger partial charge in [-0.05, 0) is 53.8 Å². The third kappa shape index (κ3) is 3.45. The fourth-order valence-electron chi connectivity index (χ4n) is 2.28. The second kappa shape index (κ2) is 6.53. The lowest BCUT2D eigenvalue weighted by Crippen LogP contribution is -2.11. The maximum absolute atomic E-state index is 3.38. The van der Waals surface area contributed by atoms with Crippen molar-refractivity contribution in [2.24, 2.45) is 0 Å². The molecule has 0 fully saturated rings. The highest BCUT2D eigenvalue weighted by Crippen LogP contribution is 2.25. The van der Waals surface area contributed by atoms with E-state index in [0.29, 0.717) is 0 Å². The molecule has 0 aromatic heterocycles. The van der Waals surface area contributed by atoms with Gasteiger partial charge in [0.05, 0.1) is 0 Å². The first-order chi connectivity index (χ1) is 9.24. The molecule has 100 valence electrons. The van der Waals surface area contributed by atoms with Crippen LogP contribution in [0.3, 0.4) is 0 Å². The summed E-state index contributed by atoms with van der Waals surface area (Å²) in [6.45, 7) is 8.46. The molecule has 1 heteroatoms. The van der Waals surface area contributed by atoms with Crippen LogP contribution in [0.1, 0.15) is 30.5 Å². The minimum absolute atomic E-state index is 0.941. The number of hydrogen-bond acceptors (Lipinski definition) is 1. The molecule has 0 aliphatic heterocycles. The lowest BCUT2D eigenvalue weighted by molar-refractivity contribution is 0.727. The Kier molecular flexibility index (Phi) is 4.75. The molecular formula is C18H23N. The van der Waals surface area contributed by atoms with E-state index >= 15 is 0 Å². The van der Waals surface area contributed by atoms with Gasteiger partial charge in [-0.1, -0.05) is 50.2 Å². The average molecular weight is 253 g/mol. The van der Waals surface area contributed by atoms with Crippen LogP contribution in [0, 0.1) is 6.92 Å². The van der Waals surface area contributed by atoms with Crippen molar-refractivity contribution in [2.75, 3.05) is 6.54 Å². The van der Waals surface area contributed by atoms with Crippen molar-refractivity contribution in [3.8, 4) is 11.1 Å². The van der Waals surface area contributed by atoms with Crippen LogP contribution in [0.25, 0.3) is 11.1 Å². The molecule has 0 amide bonds. The lowest BCUT2D eigenvalue weighted by atomic mass is 9.97. The maximum Gasteiger partial charge on any atom is 0.0205 e. The Labute approximate surface area is 116 Å². The highest BCUT2D eigenvalue weighted by Gasteiger charge is 2.03. The van der Waals surface area contributed by atoms with Crippen molar-refractivity contribution in [3.05, 3.63) is 59.2 Å². The summed E-state index contributed by atoms with van der Waals surface area (Å²) < 4.78 is 0. The van der Waals surface area contributed by atoms with Crippen molar-refractivity contribution in [3.63, 3.8) is 0 Å².